The molecule has 1 aromatic rings. The van der Waals surface area contributed by atoms with E-state index in [1.54, 1.807) is 0 Å². The van der Waals surface area contributed by atoms with Gasteiger partial charge in [-0.2, -0.15) is 0 Å². The second-order valence-electron chi connectivity index (χ2n) is 4.76. The Kier molecular flexibility index (Phi) is 4.87. The van der Waals surface area contributed by atoms with Gasteiger partial charge < -0.3 is 9.57 Å². The minimum absolute atomic E-state index is 0.232. The molecule has 2 rings (SSSR count). The lowest BCUT2D eigenvalue weighted by molar-refractivity contribution is -0.274. The summed E-state index contributed by atoms with van der Waals surface area (Å²) in [5.41, 5.74) is 0.739. The van der Waals surface area contributed by atoms with E-state index in [4.69, 9.17) is 4.84 Å². The van der Waals surface area contributed by atoms with E-state index < -0.39 is 6.36 Å². The van der Waals surface area contributed by atoms with Gasteiger partial charge >= 0.3 is 6.36 Å². The van der Waals surface area contributed by atoms with Crippen molar-refractivity contribution in [2.24, 2.45) is 11.1 Å². The summed E-state index contributed by atoms with van der Waals surface area (Å²) in [4.78, 5) is 5.13. The average Bonchev–Trinajstić information content (AvgIpc) is 2.88. The van der Waals surface area contributed by atoms with Gasteiger partial charge in [-0.1, -0.05) is 30.1 Å². The van der Waals surface area contributed by atoms with Gasteiger partial charge in [0, 0.05) is 6.21 Å². The van der Waals surface area contributed by atoms with E-state index >= 15 is 0 Å². The number of ether oxygens (including phenoxy) is 1. The molecule has 110 valence electrons. The number of benzene rings is 1. The number of halogens is 3. The zero-order chi connectivity index (χ0) is 14.4. The van der Waals surface area contributed by atoms with Crippen LogP contribution in [0.15, 0.2) is 29.4 Å². The van der Waals surface area contributed by atoms with E-state index in [2.05, 4.69) is 9.89 Å². The molecule has 0 spiro atoms. The highest BCUT2D eigenvalue weighted by molar-refractivity contribution is 5.60. The quantitative estimate of drug-likeness (QED) is 0.598. The lowest BCUT2D eigenvalue weighted by atomic mass is 10.1. The predicted molar refractivity (Wildman–Crippen MR) is 68.4 cm³/mol. The highest BCUT2D eigenvalue weighted by atomic mass is 19.4. The fraction of sp³-hybridized carbons (Fsp3) is 0.500. The summed E-state index contributed by atoms with van der Waals surface area (Å²) >= 11 is 0. The van der Waals surface area contributed by atoms with Gasteiger partial charge in [-0.3, -0.25) is 0 Å². The third-order valence-corrected chi connectivity index (χ3v) is 3.13. The number of alkyl halides is 3. The molecule has 0 atom stereocenters. The molecular weight excluding hydrogens is 271 g/mol. The van der Waals surface area contributed by atoms with Gasteiger partial charge in [0.15, 0.2) is 0 Å². The fourth-order valence-electron chi connectivity index (χ4n) is 2.13. The van der Waals surface area contributed by atoms with Crippen LogP contribution in [0.1, 0.15) is 31.2 Å². The zero-order valence-electron chi connectivity index (χ0n) is 10.9. The van der Waals surface area contributed by atoms with Gasteiger partial charge in [0.05, 0.1) is 0 Å². The van der Waals surface area contributed by atoms with Crippen LogP contribution in [-0.2, 0) is 11.4 Å². The molecule has 1 fully saturated rings. The summed E-state index contributed by atoms with van der Waals surface area (Å²) in [7, 11) is 0. The van der Waals surface area contributed by atoms with Crippen molar-refractivity contribution in [2.75, 3.05) is 0 Å². The molecule has 0 aromatic heterocycles. The van der Waals surface area contributed by atoms with Crippen LogP contribution in [0.5, 0.6) is 5.75 Å². The van der Waals surface area contributed by atoms with Crippen molar-refractivity contribution in [3.8, 4) is 5.75 Å². The minimum Gasteiger partial charge on any atom is -0.406 e. The summed E-state index contributed by atoms with van der Waals surface area (Å²) in [6, 6.07) is 5.55. The van der Waals surface area contributed by atoms with Crippen molar-refractivity contribution in [3.05, 3.63) is 29.8 Å². The molecular formula is C14H16F3NO2. The minimum atomic E-state index is -4.66. The summed E-state index contributed by atoms with van der Waals surface area (Å²) in [5, 5.41) is 3.89. The Morgan fingerprint density at radius 1 is 1.15 bits per heavy atom. The van der Waals surface area contributed by atoms with Gasteiger partial charge in [-0.25, -0.2) is 0 Å². The van der Waals surface area contributed by atoms with Gasteiger partial charge in [0.25, 0.3) is 0 Å². The number of nitrogens with zero attached hydrogens (tertiary/aromatic N) is 1. The normalized spacial score (nSPS) is 16.8. The van der Waals surface area contributed by atoms with Gasteiger partial charge in [-0.15, -0.1) is 13.2 Å². The van der Waals surface area contributed by atoms with E-state index in [0.717, 1.165) is 18.4 Å². The molecule has 0 amide bonds. The fourth-order valence-corrected chi connectivity index (χ4v) is 2.13. The second-order valence-corrected chi connectivity index (χ2v) is 4.76. The molecule has 0 heterocycles. The standard InChI is InChI=1S/C14H16F3NO2/c15-14(16,17)20-13-7-5-12(6-8-13)10-19-18-9-11-3-1-2-4-11/h5-9,11H,1-4,10H2. The summed E-state index contributed by atoms with van der Waals surface area (Å²) in [6.45, 7) is 0.232. The molecule has 0 unspecified atom stereocenters. The monoisotopic (exact) mass is 287 g/mol. The van der Waals surface area contributed by atoms with Crippen LogP contribution in [0.3, 0.4) is 0 Å². The molecule has 0 aliphatic heterocycles. The van der Waals surface area contributed by atoms with Crippen molar-refractivity contribution >= 4 is 6.21 Å². The van der Waals surface area contributed by atoms with Crippen molar-refractivity contribution < 1.29 is 22.7 Å². The molecule has 1 aliphatic rings. The van der Waals surface area contributed by atoms with Gasteiger partial charge in [-0.05, 0) is 36.5 Å². The SMILES string of the molecule is FC(F)(F)Oc1ccc(CON=CC2CCCC2)cc1. The molecule has 0 N–H and O–H groups in total. The molecule has 0 radical (unpaired) electrons. The van der Waals surface area contributed by atoms with Crippen LogP contribution in [0.4, 0.5) is 13.2 Å². The van der Waals surface area contributed by atoms with E-state index in [9.17, 15) is 13.2 Å². The highest BCUT2D eigenvalue weighted by Crippen LogP contribution is 2.24. The molecule has 1 aliphatic carbocycles. The largest absolute Gasteiger partial charge is 0.573 e. The van der Waals surface area contributed by atoms with E-state index in [1.807, 2.05) is 6.21 Å². The van der Waals surface area contributed by atoms with Gasteiger partial charge in [0.2, 0.25) is 0 Å². The maximum Gasteiger partial charge on any atom is 0.573 e. The zero-order valence-corrected chi connectivity index (χ0v) is 10.9. The first-order valence-corrected chi connectivity index (χ1v) is 6.53. The Morgan fingerprint density at radius 2 is 1.80 bits per heavy atom. The summed E-state index contributed by atoms with van der Waals surface area (Å²) in [6.07, 6.45) is 1.92. The van der Waals surface area contributed by atoms with Crippen LogP contribution < -0.4 is 4.74 Å². The summed E-state index contributed by atoms with van der Waals surface area (Å²) < 4.78 is 39.7. The Balaban J connectivity index is 1.76. The van der Waals surface area contributed by atoms with Crippen LogP contribution in [0.25, 0.3) is 0 Å². The predicted octanol–water partition coefficient (Wildman–Crippen LogP) is 4.28. The molecule has 3 nitrogen and oxygen atoms in total. The molecule has 1 saturated carbocycles. The van der Waals surface area contributed by atoms with Crippen molar-refractivity contribution in [3.63, 3.8) is 0 Å². The maximum atomic E-state index is 12.0. The van der Waals surface area contributed by atoms with Crippen molar-refractivity contribution in [2.45, 2.75) is 38.7 Å². The Labute approximate surface area is 115 Å². The van der Waals surface area contributed by atoms with Crippen molar-refractivity contribution in [1.82, 2.24) is 0 Å². The number of hydrogen-bond acceptors (Lipinski definition) is 3. The molecule has 6 heteroatoms. The smallest absolute Gasteiger partial charge is 0.406 e. The van der Waals surface area contributed by atoms with Crippen LogP contribution in [0, 0.1) is 5.92 Å². The van der Waals surface area contributed by atoms with Crippen LogP contribution >= 0.6 is 0 Å². The first-order chi connectivity index (χ1) is 9.53. The highest BCUT2D eigenvalue weighted by Gasteiger charge is 2.30. The number of rotatable bonds is 5. The maximum absolute atomic E-state index is 12.0. The second kappa shape index (κ2) is 6.63. The Morgan fingerprint density at radius 3 is 2.40 bits per heavy atom. The molecule has 0 saturated heterocycles. The first-order valence-electron chi connectivity index (χ1n) is 6.53. The Bertz CT molecular complexity index is 437. The first kappa shape index (κ1) is 14.7. The average molecular weight is 287 g/mol. The number of oxime groups is 1. The topological polar surface area (TPSA) is 30.8 Å². The van der Waals surface area contributed by atoms with Crippen molar-refractivity contribution in [1.29, 1.82) is 0 Å². The molecule has 0 bridgehead atoms. The third-order valence-electron chi connectivity index (χ3n) is 3.13. The van der Waals surface area contributed by atoms with Gasteiger partial charge in [0.1, 0.15) is 12.4 Å². The lowest BCUT2D eigenvalue weighted by Gasteiger charge is -2.09. The molecule has 20 heavy (non-hydrogen) atoms. The lowest BCUT2D eigenvalue weighted by Crippen LogP contribution is -2.17. The third kappa shape index (κ3) is 5.11. The van der Waals surface area contributed by atoms with E-state index in [1.165, 1.54) is 37.1 Å². The number of hydrogen-bond donors (Lipinski definition) is 0. The van der Waals surface area contributed by atoms with Crippen LogP contribution in [0.2, 0.25) is 0 Å². The van der Waals surface area contributed by atoms with E-state index in [0.29, 0.717) is 5.92 Å². The summed E-state index contributed by atoms with van der Waals surface area (Å²) in [5.74, 6) is 0.258. The van der Waals surface area contributed by atoms with E-state index in [-0.39, 0.29) is 12.4 Å². The Hall–Kier alpha value is -1.72. The molecule has 1 aromatic carbocycles. The van der Waals surface area contributed by atoms with Crippen LogP contribution in [-0.4, -0.2) is 12.6 Å².